The van der Waals surface area contributed by atoms with Crippen molar-refractivity contribution in [2.24, 2.45) is 0 Å². The third kappa shape index (κ3) is 10.6. The molecule has 2 aromatic carbocycles. The fraction of sp³-hybridized carbons (Fsp3) is 0.393. The fourth-order valence-corrected chi connectivity index (χ4v) is 3.44. The summed E-state index contributed by atoms with van der Waals surface area (Å²) in [5, 5.41) is 15.4. The maximum Gasteiger partial charge on any atom is 0.159 e. The molecular formula is C28H36N6O3. The Morgan fingerprint density at radius 1 is 0.730 bits per heavy atom. The molecule has 0 aliphatic heterocycles. The molecule has 9 nitrogen and oxygen atoms in total. The number of aromatic nitrogens is 6. The van der Waals surface area contributed by atoms with Crippen LogP contribution < -0.4 is 9.47 Å². The number of aryl methyl sites for hydroxylation is 3. The highest BCUT2D eigenvalue weighted by Gasteiger charge is 1.99. The summed E-state index contributed by atoms with van der Waals surface area (Å²) in [7, 11) is 0. The number of nitrogens with zero attached hydrogens (tertiary/aromatic N) is 6. The van der Waals surface area contributed by atoms with Gasteiger partial charge in [0.15, 0.2) is 5.78 Å². The number of hydrogen-bond donors (Lipinski definition) is 0. The number of ketones is 1. The third-order valence-corrected chi connectivity index (χ3v) is 5.64. The molecule has 4 rings (SSSR count). The van der Waals surface area contributed by atoms with E-state index in [1.165, 1.54) is 5.56 Å². The van der Waals surface area contributed by atoms with Crippen molar-refractivity contribution >= 4 is 5.78 Å². The number of carbonyl (C=O) groups excluding carboxylic acids is 1. The second kappa shape index (κ2) is 15.9. The predicted octanol–water partition coefficient (Wildman–Crippen LogP) is 5.04. The van der Waals surface area contributed by atoms with Gasteiger partial charge in [-0.1, -0.05) is 41.6 Å². The Kier molecular flexibility index (Phi) is 11.8. The Labute approximate surface area is 218 Å². The van der Waals surface area contributed by atoms with Crippen LogP contribution in [0.4, 0.5) is 0 Å². The molecule has 0 saturated heterocycles. The molecule has 0 saturated carbocycles. The molecule has 0 spiro atoms. The standard InChI is InChI=1S/C18H24N6O2.C10H12O/c1(11-23-13-9-19-21-23)3-15-25-17-5-7-18(8-6-17)26-16-4-2-12-24-14-10-20-22-24;1-3-9-4-6-10(7-5-9)8(2)11/h5-10,13-14H,1-4,11-12,15-16H2;4-7H,3H2,1-2H3. The van der Waals surface area contributed by atoms with E-state index in [-0.39, 0.29) is 5.78 Å². The average molecular weight is 505 g/mol. The summed E-state index contributed by atoms with van der Waals surface area (Å²) in [6.07, 6.45) is 12.1. The van der Waals surface area contributed by atoms with Gasteiger partial charge >= 0.3 is 0 Å². The number of Topliss-reactive ketones (excluding diaryl/α,β-unsaturated/α-hetero) is 1. The molecule has 0 N–H and O–H groups in total. The molecule has 0 atom stereocenters. The number of unbranched alkanes of at least 4 members (excludes halogenated alkanes) is 2. The molecule has 0 fully saturated rings. The summed E-state index contributed by atoms with van der Waals surface area (Å²) < 4.78 is 15.2. The molecular weight excluding hydrogens is 468 g/mol. The maximum atomic E-state index is 10.8. The summed E-state index contributed by atoms with van der Waals surface area (Å²) in [6.45, 7) is 6.80. The Hall–Kier alpha value is -4.01. The van der Waals surface area contributed by atoms with Crippen LogP contribution in [0.2, 0.25) is 0 Å². The van der Waals surface area contributed by atoms with E-state index in [2.05, 4.69) is 27.5 Å². The van der Waals surface area contributed by atoms with Crippen LogP contribution in [0.15, 0.2) is 73.3 Å². The lowest BCUT2D eigenvalue weighted by atomic mass is 10.1. The predicted molar refractivity (Wildman–Crippen MR) is 142 cm³/mol. The summed E-state index contributed by atoms with van der Waals surface area (Å²) in [5.41, 5.74) is 2.07. The number of rotatable bonds is 14. The van der Waals surface area contributed by atoms with E-state index in [0.717, 1.165) is 62.3 Å². The van der Waals surface area contributed by atoms with E-state index in [9.17, 15) is 4.79 Å². The molecule has 0 aliphatic rings. The van der Waals surface area contributed by atoms with Crippen LogP contribution in [0.5, 0.6) is 11.5 Å². The molecule has 196 valence electrons. The molecule has 2 heterocycles. The summed E-state index contributed by atoms with van der Waals surface area (Å²) >= 11 is 0. The topological polar surface area (TPSA) is 97.0 Å². The van der Waals surface area contributed by atoms with Crippen molar-refractivity contribution in [3.8, 4) is 11.5 Å². The molecule has 0 bridgehead atoms. The fourth-order valence-electron chi connectivity index (χ4n) is 3.44. The van der Waals surface area contributed by atoms with Gasteiger partial charge in [0.05, 0.1) is 25.6 Å². The lowest BCUT2D eigenvalue weighted by Gasteiger charge is -2.09. The Morgan fingerprint density at radius 2 is 1.22 bits per heavy atom. The first-order valence-corrected chi connectivity index (χ1v) is 12.8. The number of carbonyl (C=O) groups is 1. The van der Waals surface area contributed by atoms with Crippen molar-refractivity contribution in [2.75, 3.05) is 13.2 Å². The van der Waals surface area contributed by atoms with Gasteiger partial charge in [-0.2, -0.15) is 0 Å². The van der Waals surface area contributed by atoms with Gasteiger partial charge in [-0.3, -0.25) is 14.2 Å². The van der Waals surface area contributed by atoms with Gasteiger partial charge in [-0.15, -0.1) is 10.2 Å². The minimum atomic E-state index is 0.132. The van der Waals surface area contributed by atoms with Gasteiger partial charge in [0, 0.05) is 31.0 Å². The van der Waals surface area contributed by atoms with E-state index >= 15 is 0 Å². The number of benzene rings is 2. The minimum absolute atomic E-state index is 0.132. The minimum Gasteiger partial charge on any atom is -0.494 e. The van der Waals surface area contributed by atoms with Crippen molar-refractivity contribution in [1.29, 1.82) is 0 Å². The van der Waals surface area contributed by atoms with E-state index in [1.807, 2.05) is 70.3 Å². The zero-order valence-corrected chi connectivity index (χ0v) is 21.7. The molecule has 37 heavy (non-hydrogen) atoms. The first-order chi connectivity index (χ1) is 18.1. The molecule has 0 radical (unpaired) electrons. The van der Waals surface area contributed by atoms with Crippen molar-refractivity contribution in [3.63, 3.8) is 0 Å². The van der Waals surface area contributed by atoms with E-state index in [4.69, 9.17) is 9.47 Å². The zero-order chi connectivity index (χ0) is 26.1. The van der Waals surface area contributed by atoms with Gasteiger partial charge in [0.1, 0.15) is 11.5 Å². The van der Waals surface area contributed by atoms with Crippen LogP contribution in [-0.2, 0) is 19.5 Å². The Balaban J connectivity index is 0.000000289. The van der Waals surface area contributed by atoms with Gasteiger partial charge in [-0.25, -0.2) is 0 Å². The summed E-state index contributed by atoms with van der Waals surface area (Å²) in [5.74, 6) is 1.86. The van der Waals surface area contributed by atoms with Gasteiger partial charge in [0.25, 0.3) is 0 Å². The largest absolute Gasteiger partial charge is 0.494 e. The monoisotopic (exact) mass is 504 g/mol. The summed E-state index contributed by atoms with van der Waals surface area (Å²) in [6, 6.07) is 15.5. The first kappa shape index (κ1) is 27.6. The smallest absolute Gasteiger partial charge is 0.159 e. The molecule has 9 heteroatoms. The second-order valence-corrected chi connectivity index (χ2v) is 8.52. The average Bonchev–Trinajstić information content (AvgIpc) is 3.64. The SMILES string of the molecule is CCc1ccc(C(C)=O)cc1.c1cn(CCCCOc2ccc(OCCCCn3ccnn3)cc2)nn1. The van der Waals surface area contributed by atoms with Crippen LogP contribution in [0.3, 0.4) is 0 Å². The maximum absolute atomic E-state index is 10.8. The van der Waals surface area contributed by atoms with Crippen LogP contribution in [0.1, 0.15) is 55.5 Å². The summed E-state index contributed by atoms with van der Waals surface area (Å²) in [4.78, 5) is 10.8. The van der Waals surface area contributed by atoms with E-state index < -0.39 is 0 Å². The van der Waals surface area contributed by atoms with Gasteiger partial charge in [0.2, 0.25) is 0 Å². The first-order valence-electron chi connectivity index (χ1n) is 12.8. The van der Waals surface area contributed by atoms with Gasteiger partial charge in [-0.05, 0) is 68.9 Å². The number of ether oxygens (including phenoxy) is 2. The van der Waals surface area contributed by atoms with Gasteiger partial charge < -0.3 is 9.47 Å². The van der Waals surface area contributed by atoms with Crippen molar-refractivity contribution in [3.05, 3.63) is 84.4 Å². The lowest BCUT2D eigenvalue weighted by Crippen LogP contribution is -2.03. The quantitative estimate of drug-likeness (QED) is 0.175. The van der Waals surface area contributed by atoms with Crippen molar-refractivity contribution < 1.29 is 14.3 Å². The molecule has 2 aromatic heterocycles. The van der Waals surface area contributed by atoms with E-state index in [1.54, 1.807) is 19.3 Å². The van der Waals surface area contributed by atoms with Crippen LogP contribution >= 0.6 is 0 Å². The van der Waals surface area contributed by atoms with Crippen LogP contribution in [-0.4, -0.2) is 49.0 Å². The van der Waals surface area contributed by atoms with Crippen molar-refractivity contribution in [2.45, 2.75) is 59.0 Å². The Bertz CT molecular complexity index is 1060. The highest BCUT2D eigenvalue weighted by Crippen LogP contribution is 2.18. The Morgan fingerprint density at radius 3 is 1.59 bits per heavy atom. The molecule has 0 unspecified atom stereocenters. The van der Waals surface area contributed by atoms with Crippen LogP contribution in [0, 0.1) is 0 Å². The highest BCUT2D eigenvalue weighted by molar-refractivity contribution is 5.93. The molecule has 0 amide bonds. The third-order valence-electron chi connectivity index (χ3n) is 5.64. The van der Waals surface area contributed by atoms with Crippen LogP contribution in [0.25, 0.3) is 0 Å². The zero-order valence-electron chi connectivity index (χ0n) is 21.7. The van der Waals surface area contributed by atoms with Crippen molar-refractivity contribution in [1.82, 2.24) is 30.0 Å². The second-order valence-electron chi connectivity index (χ2n) is 8.52. The molecule has 0 aliphatic carbocycles. The molecule has 4 aromatic rings. The normalized spacial score (nSPS) is 10.4. The van der Waals surface area contributed by atoms with E-state index in [0.29, 0.717) is 13.2 Å². The lowest BCUT2D eigenvalue weighted by molar-refractivity contribution is 0.101. The highest BCUT2D eigenvalue weighted by atomic mass is 16.5. The number of hydrogen-bond acceptors (Lipinski definition) is 7.